The van der Waals surface area contributed by atoms with Crippen molar-refractivity contribution in [2.24, 2.45) is 0 Å². The van der Waals surface area contributed by atoms with Crippen molar-refractivity contribution in [1.82, 2.24) is 5.32 Å². The summed E-state index contributed by atoms with van der Waals surface area (Å²) in [7, 11) is 0. The first-order valence-corrected chi connectivity index (χ1v) is 9.85. The van der Waals surface area contributed by atoms with Crippen LogP contribution in [0.15, 0.2) is 77.3 Å². The van der Waals surface area contributed by atoms with Gasteiger partial charge in [0.25, 0.3) is 0 Å². The molecule has 0 aliphatic heterocycles. The minimum atomic E-state index is -0.369. The summed E-state index contributed by atoms with van der Waals surface area (Å²) in [5.41, 5.74) is 6.08. The number of benzene rings is 3. The van der Waals surface area contributed by atoms with Crippen LogP contribution >= 0.6 is 15.9 Å². The SMILES string of the molecule is O=C(NCCc1cccc(Br)c1)OCC1c2ccccc2-c2ccccc21. The summed E-state index contributed by atoms with van der Waals surface area (Å²) >= 11 is 3.46. The molecule has 0 aromatic heterocycles. The van der Waals surface area contributed by atoms with Gasteiger partial charge in [0.05, 0.1) is 0 Å². The van der Waals surface area contributed by atoms with Crippen LogP contribution in [0.25, 0.3) is 11.1 Å². The van der Waals surface area contributed by atoms with Gasteiger partial charge in [0, 0.05) is 16.9 Å². The van der Waals surface area contributed by atoms with Crippen molar-refractivity contribution in [1.29, 1.82) is 0 Å². The van der Waals surface area contributed by atoms with Gasteiger partial charge in [-0.2, -0.15) is 0 Å². The highest BCUT2D eigenvalue weighted by Gasteiger charge is 2.28. The van der Waals surface area contributed by atoms with E-state index in [1.54, 1.807) is 0 Å². The summed E-state index contributed by atoms with van der Waals surface area (Å²) in [5.74, 6) is 0.0910. The van der Waals surface area contributed by atoms with Crippen molar-refractivity contribution in [3.05, 3.63) is 94.0 Å². The minimum absolute atomic E-state index is 0.0910. The van der Waals surface area contributed by atoms with Gasteiger partial charge in [0.15, 0.2) is 0 Å². The van der Waals surface area contributed by atoms with Gasteiger partial charge in [-0.15, -0.1) is 0 Å². The Bertz CT molecular complexity index is 924. The maximum atomic E-state index is 12.1. The molecule has 1 amide bonds. The average Bonchev–Trinajstić information content (AvgIpc) is 3.00. The fourth-order valence-corrected chi connectivity index (χ4v) is 4.10. The normalized spacial score (nSPS) is 12.3. The van der Waals surface area contributed by atoms with Crippen molar-refractivity contribution in [3.8, 4) is 11.1 Å². The Kier molecular flexibility index (Phi) is 5.26. The number of fused-ring (bicyclic) bond motifs is 3. The van der Waals surface area contributed by atoms with Crippen molar-refractivity contribution in [2.45, 2.75) is 12.3 Å². The highest BCUT2D eigenvalue weighted by molar-refractivity contribution is 9.10. The van der Waals surface area contributed by atoms with Gasteiger partial charge in [-0.1, -0.05) is 76.6 Å². The molecule has 0 radical (unpaired) electrons. The molecule has 0 atom stereocenters. The molecular weight excluding hydrogens is 402 g/mol. The molecule has 1 aliphatic carbocycles. The highest BCUT2D eigenvalue weighted by atomic mass is 79.9. The Labute approximate surface area is 167 Å². The van der Waals surface area contributed by atoms with E-state index in [0.29, 0.717) is 13.2 Å². The molecule has 4 heteroatoms. The molecule has 0 saturated heterocycles. The summed E-state index contributed by atoms with van der Waals surface area (Å²) in [4.78, 5) is 12.1. The van der Waals surface area contributed by atoms with Gasteiger partial charge < -0.3 is 10.1 Å². The topological polar surface area (TPSA) is 38.3 Å². The molecule has 0 fully saturated rings. The summed E-state index contributed by atoms with van der Waals surface area (Å²) in [6, 6.07) is 24.8. The first kappa shape index (κ1) is 17.8. The fourth-order valence-electron chi connectivity index (χ4n) is 3.65. The molecular formula is C23H20BrNO2. The minimum Gasteiger partial charge on any atom is -0.449 e. The Morgan fingerprint density at radius 2 is 1.59 bits per heavy atom. The first-order valence-electron chi connectivity index (χ1n) is 9.05. The second-order valence-corrected chi connectivity index (χ2v) is 7.55. The van der Waals surface area contributed by atoms with E-state index in [9.17, 15) is 4.79 Å². The van der Waals surface area contributed by atoms with Crippen molar-refractivity contribution in [2.75, 3.05) is 13.2 Å². The van der Waals surface area contributed by atoms with E-state index in [4.69, 9.17) is 4.74 Å². The molecule has 1 N–H and O–H groups in total. The van der Waals surface area contributed by atoms with Gasteiger partial charge in [0.2, 0.25) is 0 Å². The van der Waals surface area contributed by atoms with Crippen LogP contribution in [0.3, 0.4) is 0 Å². The average molecular weight is 422 g/mol. The summed E-state index contributed by atoms with van der Waals surface area (Å²) < 4.78 is 6.58. The fraction of sp³-hybridized carbons (Fsp3) is 0.174. The second kappa shape index (κ2) is 7.97. The molecule has 0 spiro atoms. The number of alkyl carbamates (subject to hydrolysis) is 1. The van der Waals surface area contributed by atoms with Gasteiger partial charge in [0.1, 0.15) is 6.61 Å². The third-order valence-electron chi connectivity index (χ3n) is 4.92. The zero-order chi connectivity index (χ0) is 18.6. The Hall–Kier alpha value is -2.59. The lowest BCUT2D eigenvalue weighted by Gasteiger charge is -2.14. The second-order valence-electron chi connectivity index (χ2n) is 6.63. The maximum absolute atomic E-state index is 12.1. The lowest BCUT2D eigenvalue weighted by Crippen LogP contribution is -2.28. The van der Waals surface area contributed by atoms with Gasteiger partial charge in [-0.05, 0) is 46.4 Å². The molecule has 3 nitrogen and oxygen atoms in total. The molecule has 27 heavy (non-hydrogen) atoms. The van der Waals surface area contributed by atoms with E-state index in [1.165, 1.54) is 27.8 Å². The standard InChI is InChI=1S/C23H20BrNO2/c24-17-7-5-6-16(14-17)12-13-25-23(26)27-15-22-20-10-3-1-8-18(20)19-9-2-4-11-21(19)22/h1-11,14,22H,12-13,15H2,(H,25,26). The van der Waals surface area contributed by atoms with Crippen LogP contribution in [0.5, 0.6) is 0 Å². The predicted molar refractivity (Wildman–Crippen MR) is 111 cm³/mol. The number of rotatable bonds is 5. The Morgan fingerprint density at radius 1 is 0.926 bits per heavy atom. The number of nitrogens with one attached hydrogen (secondary N) is 1. The number of amides is 1. The van der Waals surface area contributed by atoms with E-state index in [0.717, 1.165) is 10.9 Å². The summed E-state index contributed by atoms with van der Waals surface area (Å²) in [5, 5.41) is 2.85. The third-order valence-corrected chi connectivity index (χ3v) is 5.41. The van der Waals surface area contributed by atoms with Crippen molar-refractivity contribution >= 4 is 22.0 Å². The lowest BCUT2D eigenvalue weighted by molar-refractivity contribution is 0.143. The van der Waals surface area contributed by atoms with Crippen LogP contribution in [0.2, 0.25) is 0 Å². The number of ether oxygens (including phenoxy) is 1. The Balaban J connectivity index is 1.35. The van der Waals surface area contributed by atoms with E-state index < -0.39 is 0 Å². The molecule has 3 aromatic rings. The molecule has 4 rings (SSSR count). The van der Waals surface area contributed by atoms with Crippen LogP contribution in [0, 0.1) is 0 Å². The number of carbonyl (C=O) groups is 1. The zero-order valence-corrected chi connectivity index (χ0v) is 16.4. The number of carbonyl (C=O) groups excluding carboxylic acids is 1. The highest BCUT2D eigenvalue weighted by Crippen LogP contribution is 2.44. The maximum Gasteiger partial charge on any atom is 0.407 e. The van der Waals surface area contributed by atoms with Crippen LogP contribution in [-0.2, 0) is 11.2 Å². The molecule has 0 bridgehead atoms. The molecule has 0 unspecified atom stereocenters. The van der Waals surface area contributed by atoms with E-state index >= 15 is 0 Å². The van der Waals surface area contributed by atoms with E-state index in [2.05, 4.69) is 51.6 Å². The van der Waals surface area contributed by atoms with Crippen LogP contribution in [-0.4, -0.2) is 19.2 Å². The van der Waals surface area contributed by atoms with E-state index in [-0.39, 0.29) is 12.0 Å². The summed E-state index contributed by atoms with van der Waals surface area (Å²) in [6.45, 7) is 0.893. The molecule has 0 heterocycles. The monoisotopic (exact) mass is 421 g/mol. The third kappa shape index (κ3) is 3.91. The quantitative estimate of drug-likeness (QED) is 0.587. The van der Waals surface area contributed by atoms with E-state index in [1.807, 2.05) is 42.5 Å². The number of hydrogen-bond acceptors (Lipinski definition) is 2. The molecule has 3 aromatic carbocycles. The first-order chi connectivity index (χ1) is 13.2. The van der Waals surface area contributed by atoms with Crippen LogP contribution in [0.4, 0.5) is 4.79 Å². The Morgan fingerprint density at radius 3 is 2.26 bits per heavy atom. The van der Waals surface area contributed by atoms with Gasteiger partial charge >= 0.3 is 6.09 Å². The molecule has 1 aliphatic rings. The zero-order valence-electron chi connectivity index (χ0n) is 14.8. The lowest BCUT2D eigenvalue weighted by atomic mass is 9.98. The van der Waals surface area contributed by atoms with Gasteiger partial charge in [-0.25, -0.2) is 4.79 Å². The smallest absolute Gasteiger partial charge is 0.407 e. The van der Waals surface area contributed by atoms with Crippen LogP contribution < -0.4 is 5.32 Å². The number of halogens is 1. The summed E-state index contributed by atoms with van der Waals surface area (Å²) in [6.07, 6.45) is 0.399. The van der Waals surface area contributed by atoms with Crippen molar-refractivity contribution < 1.29 is 9.53 Å². The molecule has 136 valence electrons. The van der Waals surface area contributed by atoms with Crippen LogP contribution in [0.1, 0.15) is 22.6 Å². The number of hydrogen-bond donors (Lipinski definition) is 1. The predicted octanol–water partition coefficient (Wildman–Crippen LogP) is 5.53. The van der Waals surface area contributed by atoms with Gasteiger partial charge in [-0.3, -0.25) is 0 Å². The van der Waals surface area contributed by atoms with Crippen molar-refractivity contribution in [3.63, 3.8) is 0 Å². The largest absolute Gasteiger partial charge is 0.449 e. The molecule has 0 saturated carbocycles.